The molecule has 0 saturated heterocycles. The van der Waals surface area contributed by atoms with E-state index in [-0.39, 0.29) is 36.5 Å². The van der Waals surface area contributed by atoms with Crippen molar-refractivity contribution in [3.05, 3.63) is 66.0 Å². The topological polar surface area (TPSA) is 77.7 Å². The summed E-state index contributed by atoms with van der Waals surface area (Å²) in [6.45, 7) is -0.150. The molecular weight excluding hydrogens is 323 g/mol. The number of halogens is 1. The first-order valence-corrected chi connectivity index (χ1v) is 7.72. The Hall–Kier alpha value is -3.22. The van der Waals surface area contributed by atoms with E-state index < -0.39 is 5.82 Å². The van der Waals surface area contributed by atoms with E-state index in [9.17, 15) is 14.0 Å². The summed E-state index contributed by atoms with van der Waals surface area (Å²) in [6, 6.07) is 15.3. The number of hydrogen-bond acceptors (Lipinski definition) is 5. The van der Waals surface area contributed by atoms with E-state index in [1.807, 2.05) is 30.3 Å². The Morgan fingerprint density at radius 1 is 0.960 bits per heavy atom. The summed E-state index contributed by atoms with van der Waals surface area (Å²) < 4.78 is 13.5. The van der Waals surface area contributed by atoms with E-state index in [4.69, 9.17) is 0 Å². The second-order valence-electron chi connectivity index (χ2n) is 5.53. The predicted octanol–water partition coefficient (Wildman–Crippen LogP) is 2.25. The molecule has 2 aromatic carbocycles. The van der Waals surface area contributed by atoms with Crippen LogP contribution in [0.1, 0.15) is 12.0 Å². The molecule has 0 spiro atoms. The second-order valence-corrected chi connectivity index (χ2v) is 5.53. The molecule has 0 aliphatic rings. The van der Waals surface area contributed by atoms with Gasteiger partial charge in [0.05, 0.1) is 6.42 Å². The summed E-state index contributed by atoms with van der Waals surface area (Å²) >= 11 is 0. The van der Waals surface area contributed by atoms with Gasteiger partial charge in [0.2, 0.25) is 5.82 Å². The van der Waals surface area contributed by atoms with Gasteiger partial charge in [0, 0.05) is 12.0 Å². The molecule has 6 nitrogen and oxygen atoms in total. The van der Waals surface area contributed by atoms with Crippen LogP contribution in [-0.4, -0.2) is 31.8 Å². The second kappa shape index (κ2) is 7.57. The molecule has 3 aromatic rings. The number of carbonyl (C=O) groups excluding carboxylic acids is 2. The fraction of sp³-hybridized carbons (Fsp3) is 0.167. The van der Waals surface area contributed by atoms with Crippen LogP contribution in [0.3, 0.4) is 0 Å². The number of ketones is 2. The standard InChI is InChI=1S/C18H15FN4O2/c19-17-9-5-4-8-14(17)10-15(24)11-16(25)12-23-21-18(20-22-23)13-6-2-1-3-7-13/h1-9H,10-12H2. The molecular formula is C18H15FN4O2. The lowest BCUT2D eigenvalue weighted by molar-refractivity contribution is -0.127. The highest BCUT2D eigenvalue weighted by Crippen LogP contribution is 2.12. The molecule has 1 aromatic heterocycles. The van der Waals surface area contributed by atoms with E-state index in [0.717, 1.165) is 10.4 Å². The first-order chi connectivity index (χ1) is 12.1. The molecule has 3 rings (SSSR count). The molecule has 0 saturated carbocycles. The van der Waals surface area contributed by atoms with Crippen LogP contribution in [-0.2, 0) is 22.6 Å². The third-order valence-corrected chi connectivity index (χ3v) is 3.54. The normalized spacial score (nSPS) is 10.6. The Labute approximate surface area is 143 Å². The third kappa shape index (κ3) is 4.41. The van der Waals surface area contributed by atoms with Gasteiger partial charge in [0.1, 0.15) is 18.1 Å². The van der Waals surface area contributed by atoms with Crippen molar-refractivity contribution in [2.24, 2.45) is 0 Å². The fourth-order valence-electron chi connectivity index (χ4n) is 2.36. The predicted molar refractivity (Wildman–Crippen MR) is 88.0 cm³/mol. The maximum Gasteiger partial charge on any atom is 0.204 e. The summed E-state index contributed by atoms with van der Waals surface area (Å²) in [5, 5.41) is 11.8. The van der Waals surface area contributed by atoms with Crippen molar-refractivity contribution in [2.45, 2.75) is 19.4 Å². The molecule has 0 atom stereocenters. The minimum Gasteiger partial charge on any atom is -0.299 e. The first kappa shape index (κ1) is 16.6. The van der Waals surface area contributed by atoms with Crippen LogP contribution in [0.4, 0.5) is 4.39 Å². The average Bonchev–Trinajstić information content (AvgIpc) is 3.06. The maximum atomic E-state index is 13.5. The van der Waals surface area contributed by atoms with Crippen LogP contribution in [0.15, 0.2) is 54.6 Å². The zero-order chi connectivity index (χ0) is 17.6. The highest BCUT2D eigenvalue weighted by atomic mass is 19.1. The van der Waals surface area contributed by atoms with Crippen molar-refractivity contribution < 1.29 is 14.0 Å². The number of aromatic nitrogens is 4. The lowest BCUT2D eigenvalue weighted by atomic mass is 10.0. The molecule has 0 bridgehead atoms. The number of Topliss-reactive ketones (excluding diaryl/α,β-unsaturated/α-hetero) is 2. The van der Waals surface area contributed by atoms with E-state index in [0.29, 0.717) is 5.82 Å². The highest BCUT2D eigenvalue weighted by Gasteiger charge is 2.14. The molecule has 126 valence electrons. The van der Waals surface area contributed by atoms with Crippen LogP contribution < -0.4 is 0 Å². The maximum absolute atomic E-state index is 13.5. The summed E-state index contributed by atoms with van der Waals surface area (Å²) in [5.41, 5.74) is 1.07. The van der Waals surface area contributed by atoms with Gasteiger partial charge in [-0.3, -0.25) is 9.59 Å². The summed E-state index contributed by atoms with van der Waals surface area (Å²) in [4.78, 5) is 25.1. The van der Waals surface area contributed by atoms with Gasteiger partial charge in [0.25, 0.3) is 0 Å². The van der Waals surface area contributed by atoms with Gasteiger partial charge in [-0.05, 0) is 16.8 Å². The van der Waals surface area contributed by atoms with Gasteiger partial charge in [-0.1, -0.05) is 48.5 Å². The Kier molecular flexibility index (Phi) is 5.03. The first-order valence-electron chi connectivity index (χ1n) is 7.72. The van der Waals surface area contributed by atoms with Crippen molar-refractivity contribution in [3.8, 4) is 11.4 Å². The Morgan fingerprint density at radius 3 is 2.44 bits per heavy atom. The van der Waals surface area contributed by atoms with Crippen molar-refractivity contribution in [3.63, 3.8) is 0 Å². The molecule has 0 aliphatic heterocycles. The summed E-state index contributed by atoms with van der Waals surface area (Å²) in [7, 11) is 0. The molecule has 0 fully saturated rings. The summed E-state index contributed by atoms with van der Waals surface area (Å²) in [6.07, 6.45) is -0.408. The zero-order valence-corrected chi connectivity index (χ0v) is 13.3. The van der Waals surface area contributed by atoms with E-state index in [1.54, 1.807) is 12.1 Å². The molecule has 0 radical (unpaired) electrons. The van der Waals surface area contributed by atoms with Gasteiger partial charge in [0.15, 0.2) is 5.78 Å². The Balaban J connectivity index is 1.57. The highest BCUT2D eigenvalue weighted by molar-refractivity contribution is 5.99. The van der Waals surface area contributed by atoms with E-state index in [1.165, 1.54) is 12.1 Å². The lowest BCUT2D eigenvalue weighted by Gasteiger charge is -2.02. The summed E-state index contributed by atoms with van der Waals surface area (Å²) in [5.74, 6) is -0.739. The average molecular weight is 338 g/mol. The SMILES string of the molecule is O=C(CC(=O)Cn1nnc(-c2ccccc2)n1)Cc1ccccc1F. The van der Waals surface area contributed by atoms with Gasteiger partial charge in [-0.15, -0.1) is 10.2 Å². The van der Waals surface area contributed by atoms with E-state index >= 15 is 0 Å². The molecule has 1 heterocycles. The number of nitrogens with zero attached hydrogens (tertiary/aromatic N) is 4. The smallest absolute Gasteiger partial charge is 0.204 e. The number of hydrogen-bond donors (Lipinski definition) is 0. The monoisotopic (exact) mass is 338 g/mol. The Morgan fingerprint density at radius 2 is 1.68 bits per heavy atom. The fourth-order valence-corrected chi connectivity index (χ4v) is 2.36. The number of benzene rings is 2. The lowest BCUT2D eigenvalue weighted by Crippen LogP contribution is -2.18. The zero-order valence-electron chi connectivity index (χ0n) is 13.3. The van der Waals surface area contributed by atoms with Crippen LogP contribution in [0.25, 0.3) is 11.4 Å². The van der Waals surface area contributed by atoms with E-state index in [2.05, 4.69) is 15.4 Å². The molecule has 0 amide bonds. The van der Waals surface area contributed by atoms with Crippen molar-refractivity contribution in [2.75, 3.05) is 0 Å². The van der Waals surface area contributed by atoms with Crippen LogP contribution in [0.2, 0.25) is 0 Å². The van der Waals surface area contributed by atoms with Crippen LogP contribution in [0, 0.1) is 5.82 Å². The third-order valence-electron chi connectivity index (χ3n) is 3.54. The molecule has 0 N–H and O–H groups in total. The van der Waals surface area contributed by atoms with Gasteiger partial charge < -0.3 is 0 Å². The molecule has 0 aliphatic carbocycles. The van der Waals surface area contributed by atoms with Gasteiger partial charge in [-0.25, -0.2) is 4.39 Å². The number of rotatable bonds is 7. The quantitative estimate of drug-likeness (QED) is 0.618. The number of tetrazole rings is 1. The number of carbonyl (C=O) groups is 2. The van der Waals surface area contributed by atoms with Crippen LogP contribution in [0.5, 0.6) is 0 Å². The molecule has 25 heavy (non-hydrogen) atoms. The van der Waals surface area contributed by atoms with Gasteiger partial charge in [-0.2, -0.15) is 4.80 Å². The van der Waals surface area contributed by atoms with Crippen molar-refractivity contribution >= 4 is 11.6 Å². The van der Waals surface area contributed by atoms with Crippen molar-refractivity contribution in [1.82, 2.24) is 20.2 Å². The minimum atomic E-state index is -0.450. The minimum absolute atomic E-state index is 0.113. The van der Waals surface area contributed by atoms with Gasteiger partial charge >= 0.3 is 0 Å². The largest absolute Gasteiger partial charge is 0.299 e. The molecule has 7 heteroatoms. The Bertz CT molecular complexity index is 893. The molecule has 0 unspecified atom stereocenters. The van der Waals surface area contributed by atoms with Crippen LogP contribution >= 0.6 is 0 Å². The van der Waals surface area contributed by atoms with Crippen molar-refractivity contribution in [1.29, 1.82) is 0 Å².